The average Bonchev–Trinajstić information content (AvgIpc) is 2.88. The van der Waals surface area contributed by atoms with E-state index in [0.29, 0.717) is 19.4 Å². The lowest BCUT2D eigenvalue weighted by Gasteiger charge is -2.45. The van der Waals surface area contributed by atoms with E-state index in [1.807, 2.05) is 24.3 Å². The molecule has 0 saturated carbocycles. The number of aliphatic hydroxyl groups excluding tert-OH is 1. The van der Waals surface area contributed by atoms with Gasteiger partial charge in [-0.3, -0.25) is 14.5 Å². The van der Waals surface area contributed by atoms with Gasteiger partial charge in [0.2, 0.25) is 5.91 Å². The van der Waals surface area contributed by atoms with Crippen LogP contribution in [-0.4, -0.2) is 70.8 Å². The van der Waals surface area contributed by atoms with Gasteiger partial charge in [-0.1, -0.05) is 18.2 Å². The van der Waals surface area contributed by atoms with Crippen molar-refractivity contribution in [3.05, 3.63) is 29.8 Å². The molecular weight excluding hydrogens is 336 g/mol. The van der Waals surface area contributed by atoms with Gasteiger partial charge in [0.15, 0.2) is 0 Å². The monoisotopic (exact) mass is 362 g/mol. The molecule has 0 radical (unpaired) electrons. The maximum Gasteiger partial charge on any atom is 0.309 e. The van der Waals surface area contributed by atoms with E-state index in [4.69, 9.17) is 9.84 Å². The van der Waals surface area contributed by atoms with E-state index in [9.17, 15) is 14.7 Å². The number of carboxylic acid groups (broad SMARTS) is 1. The van der Waals surface area contributed by atoms with E-state index in [1.165, 1.54) is 0 Å². The van der Waals surface area contributed by atoms with Crippen LogP contribution in [0.5, 0.6) is 5.75 Å². The number of aliphatic hydroxyl groups is 1. The Labute approximate surface area is 153 Å². The molecule has 0 aliphatic carbocycles. The van der Waals surface area contributed by atoms with Crippen molar-refractivity contribution in [2.75, 3.05) is 33.4 Å². The van der Waals surface area contributed by atoms with Gasteiger partial charge >= 0.3 is 5.97 Å². The van der Waals surface area contributed by atoms with Crippen molar-refractivity contribution < 1.29 is 24.5 Å². The Bertz CT molecular complexity index is 670. The van der Waals surface area contributed by atoms with Gasteiger partial charge in [-0.15, -0.1) is 0 Å². The maximum atomic E-state index is 12.1. The molecule has 1 aromatic rings. The molecule has 1 spiro atoms. The Morgan fingerprint density at radius 3 is 2.65 bits per heavy atom. The first kappa shape index (κ1) is 18.7. The van der Waals surface area contributed by atoms with E-state index in [2.05, 4.69) is 4.90 Å². The summed E-state index contributed by atoms with van der Waals surface area (Å²) >= 11 is 0. The standard InChI is InChI=1S/C19H26N2O5/c1-20-17(23)12-15(18(24)25)19(20)6-8-21(9-7-19)13-14-4-2-3-5-16(14)26-11-10-22/h2-5,15,22H,6-13H2,1H3,(H,24,25)/t15-/m0/s1. The predicted molar refractivity (Wildman–Crippen MR) is 94.8 cm³/mol. The topological polar surface area (TPSA) is 90.3 Å². The Kier molecular flexibility index (Phi) is 5.48. The van der Waals surface area contributed by atoms with Crippen molar-refractivity contribution in [3.8, 4) is 5.75 Å². The van der Waals surface area contributed by atoms with Crippen LogP contribution in [0.1, 0.15) is 24.8 Å². The minimum absolute atomic E-state index is 0.0302. The van der Waals surface area contributed by atoms with Crippen LogP contribution < -0.4 is 4.74 Å². The Hall–Kier alpha value is -2.12. The van der Waals surface area contributed by atoms with Gasteiger partial charge in [-0.05, 0) is 18.9 Å². The van der Waals surface area contributed by atoms with Gasteiger partial charge < -0.3 is 19.8 Å². The van der Waals surface area contributed by atoms with Crippen molar-refractivity contribution in [1.82, 2.24) is 9.80 Å². The summed E-state index contributed by atoms with van der Waals surface area (Å²) in [4.78, 5) is 27.7. The normalized spacial score (nSPS) is 22.8. The fraction of sp³-hybridized carbons (Fsp3) is 0.579. The Morgan fingerprint density at radius 1 is 1.31 bits per heavy atom. The number of rotatable bonds is 6. The van der Waals surface area contributed by atoms with Crippen molar-refractivity contribution in [2.45, 2.75) is 31.3 Å². The highest BCUT2D eigenvalue weighted by Crippen LogP contribution is 2.43. The molecule has 142 valence electrons. The second-order valence-electron chi connectivity index (χ2n) is 7.11. The molecule has 2 aliphatic heterocycles. The number of benzene rings is 1. The molecule has 7 heteroatoms. The van der Waals surface area contributed by atoms with Gasteiger partial charge in [-0.2, -0.15) is 0 Å². The van der Waals surface area contributed by atoms with Gasteiger partial charge in [-0.25, -0.2) is 0 Å². The molecule has 2 N–H and O–H groups in total. The molecule has 1 amide bonds. The fourth-order valence-corrected chi connectivity index (χ4v) is 4.25. The number of piperidine rings is 1. The minimum atomic E-state index is -0.876. The number of hydrogen-bond donors (Lipinski definition) is 2. The first-order valence-corrected chi connectivity index (χ1v) is 9.01. The van der Waals surface area contributed by atoms with Crippen LogP contribution >= 0.6 is 0 Å². The van der Waals surface area contributed by atoms with Gasteiger partial charge in [0.25, 0.3) is 0 Å². The zero-order valence-corrected chi connectivity index (χ0v) is 15.1. The minimum Gasteiger partial charge on any atom is -0.491 e. The number of likely N-dealkylation sites (tertiary alicyclic amines) is 2. The molecule has 7 nitrogen and oxygen atoms in total. The number of hydrogen-bond acceptors (Lipinski definition) is 5. The molecule has 2 fully saturated rings. The molecular formula is C19H26N2O5. The SMILES string of the molecule is CN1C(=O)C[C@@H](C(=O)O)C12CCN(Cc1ccccc1OCCO)CC2. The first-order chi connectivity index (χ1) is 12.5. The van der Waals surface area contributed by atoms with Gasteiger partial charge in [0.05, 0.1) is 18.1 Å². The van der Waals surface area contributed by atoms with E-state index in [1.54, 1.807) is 11.9 Å². The summed E-state index contributed by atoms with van der Waals surface area (Å²) in [6.07, 6.45) is 1.42. The largest absolute Gasteiger partial charge is 0.491 e. The zero-order chi connectivity index (χ0) is 18.7. The van der Waals surface area contributed by atoms with E-state index >= 15 is 0 Å². The second-order valence-corrected chi connectivity index (χ2v) is 7.11. The fourth-order valence-electron chi connectivity index (χ4n) is 4.25. The summed E-state index contributed by atoms with van der Waals surface area (Å²) in [6, 6.07) is 7.75. The van der Waals surface area contributed by atoms with Crippen LogP contribution in [0.15, 0.2) is 24.3 Å². The second kappa shape index (κ2) is 7.63. The number of carbonyl (C=O) groups is 2. The number of amides is 1. The Balaban J connectivity index is 1.68. The number of ether oxygens (including phenoxy) is 1. The van der Waals surface area contributed by atoms with E-state index < -0.39 is 17.4 Å². The number of carbonyl (C=O) groups excluding carboxylic acids is 1. The van der Waals surface area contributed by atoms with Crippen LogP contribution in [0.2, 0.25) is 0 Å². The average molecular weight is 362 g/mol. The molecule has 2 saturated heterocycles. The highest BCUT2D eigenvalue weighted by atomic mass is 16.5. The first-order valence-electron chi connectivity index (χ1n) is 9.01. The molecule has 1 atom stereocenters. The molecule has 26 heavy (non-hydrogen) atoms. The molecule has 1 aromatic carbocycles. The molecule has 2 aliphatic rings. The summed E-state index contributed by atoms with van der Waals surface area (Å²) in [5, 5.41) is 18.5. The lowest BCUT2D eigenvalue weighted by Crippen LogP contribution is -2.55. The number of aliphatic carboxylic acids is 1. The molecule has 2 heterocycles. The van der Waals surface area contributed by atoms with Crippen LogP contribution in [0.4, 0.5) is 0 Å². The lowest BCUT2D eigenvalue weighted by atomic mass is 9.77. The van der Waals surface area contributed by atoms with Crippen LogP contribution in [0.3, 0.4) is 0 Å². The molecule has 0 bridgehead atoms. The third-order valence-corrected chi connectivity index (χ3v) is 5.80. The molecule has 3 rings (SSSR count). The van der Waals surface area contributed by atoms with Crippen LogP contribution in [0, 0.1) is 5.92 Å². The number of carboxylic acids is 1. The third-order valence-electron chi connectivity index (χ3n) is 5.80. The summed E-state index contributed by atoms with van der Waals surface area (Å²) in [6.45, 7) is 2.39. The third kappa shape index (κ3) is 3.41. The summed E-state index contributed by atoms with van der Waals surface area (Å²) in [7, 11) is 1.74. The van der Waals surface area contributed by atoms with Crippen molar-refractivity contribution in [3.63, 3.8) is 0 Å². The summed E-state index contributed by atoms with van der Waals surface area (Å²) in [5.74, 6) is -0.812. The van der Waals surface area contributed by atoms with Crippen LogP contribution in [0.25, 0.3) is 0 Å². The quantitative estimate of drug-likeness (QED) is 0.783. The highest BCUT2D eigenvalue weighted by Gasteiger charge is 2.55. The highest BCUT2D eigenvalue weighted by molar-refractivity contribution is 5.88. The number of nitrogens with zero attached hydrogens (tertiary/aromatic N) is 2. The van der Waals surface area contributed by atoms with E-state index in [0.717, 1.165) is 24.4 Å². The van der Waals surface area contributed by atoms with Crippen LogP contribution in [-0.2, 0) is 16.1 Å². The van der Waals surface area contributed by atoms with Crippen molar-refractivity contribution in [1.29, 1.82) is 0 Å². The zero-order valence-electron chi connectivity index (χ0n) is 15.1. The van der Waals surface area contributed by atoms with Gasteiger partial charge in [0.1, 0.15) is 12.4 Å². The molecule has 0 unspecified atom stereocenters. The van der Waals surface area contributed by atoms with Crippen molar-refractivity contribution >= 4 is 11.9 Å². The maximum absolute atomic E-state index is 12.1. The van der Waals surface area contributed by atoms with E-state index in [-0.39, 0.29) is 25.5 Å². The summed E-state index contributed by atoms with van der Waals surface area (Å²) < 4.78 is 5.59. The Morgan fingerprint density at radius 2 is 2.00 bits per heavy atom. The number of para-hydroxylation sites is 1. The predicted octanol–water partition coefficient (Wildman–Crippen LogP) is 0.955. The van der Waals surface area contributed by atoms with Gasteiger partial charge in [0, 0.05) is 38.7 Å². The smallest absolute Gasteiger partial charge is 0.309 e. The summed E-state index contributed by atoms with van der Waals surface area (Å²) in [5.41, 5.74) is 0.481. The molecule has 0 aromatic heterocycles. The lowest BCUT2D eigenvalue weighted by molar-refractivity contribution is -0.146. The van der Waals surface area contributed by atoms with Crippen molar-refractivity contribution in [2.24, 2.45) is 5.92 Å².